The summed E-state index contributed by atoms with van der Waals surface area (Å²) in [4.78, 5) is 29.0. The van der Waals surface area contributed by atoms with Gasteiger partial charge in [-0.1, -0.05) is 0 Å². The first-order valence-corrected chi connectivity index (χ1v) is 9.54. The highest BCUT2D eigenvalue weighted by Gasteiger charge is 2.31. The van der Waals surface area contributed by atoms with E-state index in [-0.39, 0.29) is 29.4 Å². The number of sulfone groups is 1. The molecule has 1 atom stereocenters. The van der Waals surface area contributed by atoms with Gasteiger partial charge in [0.1, 0.15) is 0 Å². The zero-order valence-corrected chi connectivity index (χ0v) is 14.1. The summed E-state index contributed by atoms with van der Waals surface area (Å²) in [5.41, 5.74) is 0. The number of piperazine rings is 1. The second-order valence-corrected chi connectivity index (χ2v) is 8.40. The number of amides is 2. The van der Waals surface area contributed by atoms with E-state index in [1.807, 2.05) is 11.9 Å². The molecule has 2 amide bonds. The molecule has 1 unspecified atom stereocenters. The maximum atomic E-state index is 12.2. The van der Waals surface area contributed by atoms with Crippen LogP contribution in [-0.4, -0.2) is 92.3 Å². The van der Waals surface area contributed by atoms with Crippen molar-refractivity contribution in [2.75, 3.05) is 51.3 Å². The van der Waals surface area contributed by atoms with Crippen molar-refractivity contribution in [1.29, 1.82) is 0 Å². The number of hydrogen-bond donors (Lipinski definition) is 0. The predicted molar refractivity (Wildman–Crippen MR) is 83.1 cm³/mol. The van der Waals surface area contributed by atoms with E-state index >= 15 is 0 Å². The molecule has 7 nitrogen and oxygen atoms in total. The second-order valence-electron chi connectivity index (χ2n) is 6.17. The first kappa shape index (κ1) is 17.2. The zero-order valence-electron chi connectivity index (χ0n) is 13.3. The number of carbonyl (C=O) groups excluding carboxylic acids is 2. The fraction of sp³-hybridized carbons (Fsp3) is 0.857. The molecule has 0 spiro atoms. The Bertz CT molecular complexity index is 526. The van der Waals surface area contributed by atoms with Gasteiger partial charge in [-0.2, -0.15) is 0 Å². The monoisotopic (exact) mass is 331 g/mol. The molecule has 0 aromatic heterocycles. The van der Waals surface area contributed by atoms with Gasteiger partial charge in [-0.15, -0.1) is 0 Å². The Morgan fingerprint density at radius 1 is 1.14 bits per heavy atom. The third kappa shape index (κ3) is 4.42. The van der Waals surface area contributed by atoms with Gasteiger partial charge in [0.25, 0.3) is 0 Å². The van der Waals surface area contributed by atoms with Gasteiger partial charge in [0, 0.05) is 52.1 Å². The van der Waals surface area contributed by atoms with Crippen LogP contribution in [0.3, 0.4) is 0 Å². The molecule has 0 bridgehead atoms. The molecule has 126 valence electrons. The third-order valence-electron chi connectivity index (χ3n) is 4.59. The van der Waals surface area contributed by atoms with E-state index in [2.05, 4.69) is 0 Å². The summed E-state index contributed by atoms with van der Waals surface area (Å²) in [5, 5.41) is 0. The predicted octanol–water partition coefficient (Wildman–Crippen LogP) is -0.814. The lowest BCUT2D eigenvalue weighted by molar-refractivity contribution is -0.138. The molecule has 0 N–H and O–H groups in total. The molecule has 0 aliphatic carbocycles. The fourth-order valence-corrected chi connectivity index (χ4v) is 4.81. The number of rotatable bonds is 4. The highest BCUT2D eigenvalue weighted by molar-refractivity contribution is 7.91. The topological polar surface area (TPSA) is 78.0 Å². The summed E-state index contributed by atoms with van der Waals surface area (Å²) in [6.07, 6.45) is 1.05. The molecule has 2 aliphatic rings. The van der Waals surface area contributed by atoms with Crippen LogP contribution in [0, 0.1) is 0 Å². The van der Waals surface area contributed by atoms with Gasteiger partial charge in [0.05, 0.1) is 11.5 Å². The van der Waals surface area contributed by atoms with E-state index in [1.165, 1.54) is 0 Å². The summed E-state index contributed by atoms with van der Waals surface area (Å²) in [7, 11) is -1.01. The van der Waals surface area contributed by atoms with Gasteiger partial charge in [-0.3, -0.25) is 9.59 Å². The van der Waals surface area contributed by atoms with Crippen LogP contribution < -0.4 is 0 Å². The first-order chi connectivity index (χ1) is 10.3. The summed E-state index contributed by atoms with van der Waals surface area (Å²) >= 11 is 0. The van der Waals surface area contributed by atoms with Crippen molar-refractivity contribution < 1.29 is 18.0 Å². The van der Waals surface area contributed by atoms with Crippen LogP contribution in [0.15, 0.2) is 0 Å². The Kier molecular flexibility index (Phi) is 5.44. The van der Waals surface area contributed by atoms with Crippen molar-refractivity contribution in [1.82, 2.24) is 14.7 Å². The summed E-state index contributed by atoms with van der Waals surface area (Å²) in [5.74, 6) is 0.586. The average Bonchev–Trinajstić information content (AvgIpc) is 2.84. The smallest absolute Gasteiger partial charge is 0.223 e. The average molecular weight is 331 g/mol. The van der Waals surface area contributed by atoms with E-state index in [0.717, 1.165) is 0 Å². The highest BCUT2D eigenvalue weighted by Crippen LogP contribution is 2.16. The van der Waals surface area contributed by atoms with Crippen LogP contribution in [0.4, 0.5) is 0 Å². The summed E-state index contributed by atoms with van der Waals surface area (Å²) in [6.45, 7) is 4.48. The SMILES string of the molecule is CC(=O)N1CCN(C(=O)CCN(C)C2CCS(=O)(=O)C2)CC1. The van der Waals surface area contributed by atoms with E-state index in [0.29, 0.717) is 45.6 Å². The molecule has 8 heteroatoms. The molecule has 2 fully saturated rings. The van der Waals surface area contributed by atoms with Gasteiger partial charge in [0.15, 0.2) is 9.84 Å². The molecular formula is C14H25N3O4S. The minimum absolute atomic E-state index is 0.0346. The largest absolute Gasteiger partial charge is 0.339 e. The first-order valence-electron chi connectivity index (χ1n) is 7.72. The number of nitrogens with zero attached hydrogens (tertiary/aromatic N) is 3. The van der Waals surface area contributed by atoms with E-state index in [1.54, 1.807) is 16.7 Å². The van der Waals surface area contributed by atoms with Crippen molar-refractivity contribution in [3.8, 4) is 0 Å². The fourth-order valence-electron chi connectivity index (χ4n) is 3.01. The highest BCUT2D eigenvalue weighted by atomic mass is 32.2. The van der Waals surface area contributed by atoms with Crippen LogP contribution >= 0.6 is 0 Å². The maximum Gasteiger partial charge on any atom is 0.223 e. The molecule has 2 rings (SSSR count). The Balaban J connectivity index is 1.73. The van der Waals surface area contributed by atoms with Gasteiger partial charge in [0.2, 0.25) is 11.8 Å². The van der Waals surface area contributed by atoms with Crippen LogP contribution in [0.2, 0.25) is 0 Å². The van der Waals surface area contributed by atoms with Crippen molar-refractivity contribution in [3.63, 3.8) is 0 Å². The Hall–Kier alpha value is -1.15. The lowest BCUT2D eigenvalue weighted by Gasteiger charge is -2.34. The number of carbonyl (C=O) groups is 2. The molecule has 0 aromatic carbocycles. The van der Waals surface area contributed by atoms with Gasteiger partial charge >= 0.3 is 0 Å². The molecule has 0 saturated carbocycles. The second kappa shape index (κ2) is 6.95. The van der Waals surface area contributed by atoms with Gasteiger partial charge < -0.3 is 14.7 Å². The molecule has 2 aliphatic heterocycles. The molecule has 2 heterocycles. The minimum Gasteiger partial charge on any atom is -0.339 e. The van der Waals surface area contributed by atoms with Gasteiger partial charge in [-0.25, -0.2) is 8.42 Å². The maximum absolute atomic E-state index is 12.2. The molecule has 22 heavy (non-hydrogen) atoms. The van der Waals surface area contributed by atoms with E-state index in [9.17, 15) is 18.0 Å². The summed E-state index contributed by atoms with van der Waals surface area (Å²) < 4.78 is 23.0. The van der Waals surface area contributed by atoms with Crippen LogP contribution in [0.5, 0.6) is 0 Å². The van der Waals surface area contributed by atoms with Crippen LogP contribution in [0.25, 0.3) is 0 Å². The Labute approximate surface area is 132 Å². The minimum atomic E-state index is -2.89. The van der Waals surface area contributed by atoms with Crippen molar-refractivity contribution >= 4 is 21.7 Å². The lowest BCUT2D eigenvalue weighted by atomic mass is 10.2. The number of hydrogen-bond acceptors (Lipinski definition) is 5. The molecular weight excluding hydrogens is 306 g/mol. The standard InChI is InChI=1S/C14H25N3O4S/c1-12(18)16-6-8-17(9-7-16)14(19)3-5-15(2)13-4-10-22(20,21)11-13/h13H,3-11H2,1-2H3. The quantitative estimate of drug-likeness (QED) is 0.673. The van der Waals surface area contributed by atoms with Crippen molar-refractivity contribution in [2.45, 2.75) is 25.8 Å². The molecule has 0 aromatic rings. The zero-order chi connectivity index (χ0) is 16.3. The third-order valence-corrected chi connectivity index (χ3v) is 6.34. The van der Waals surface area contributed by atoms with Crippen molar-refractivity contribution in [2.24, 2.45) is 0 Å². The van der Waals surface area contributed by atoms with Crippen LogP contribution in [0.1, 0.15) is 19.8 Å². The Morgan fingerprint density at radius 2 is 1.73 bits per heavy atom. The summed E-state index contributed by atoms with van der Waals surface area (Å²) in [6, 6.07) is 0.0346. The molecule has 2 saturated heterocycles. The molecule has 0 radical (unpaired) electrons. The van der Waals surface area contributed by atoms with E-state index < -0.39 is 9.84 Å². The van der Waals surface area contributed by atoms with Gasteiger partial charge in [-0.05, 0) is 13.5 Å². The van der Waals surface area contributed by atoms with Crippen LogP contribution in [-0.2, 0) is 19.4 Å². The Morgan fingerprint density at radius 3 is 2.23 bits per heavy atom. The lowest BCUT2D eigenvalue weighted by Crippen LogP contribution is -2.50. The van der Waals surface area contributed by atoms with Crippen molar-refractivity contribution in [3.05, 3.63) is 0 Å². The van der Waals surface area contributed by atoms with E-state index in [4.69, 9.17) is 0 Å². The normalized spacial score (nSPS) is 24.8.